The van der Waals surface area contributed by atoms with Crippen LogP contribution in [-0.2, 0) is 0 Å². The van der Waals surface area contributed by atoms with Crippen molar-refractivity contribution in [2.24, 2.45) is 5.41 Å². The summed E-state index contributed by atoms with van der Waals surface area (Å²) < 4.78 is 0. The Morgan fingerprint density at radius 3 is 2.50 bits per heavy atom. The molecular formula is C15H24O. The lowest BCUT2D eigenvalue weighted by Gasteiger charge is -2.38. The van der Waals surface area contributed by atoms with Crippen LogP contribution in [-0.4, -0.2) is 10.7 Å². The SMILES string of the molecule is CC(C)(O)C1=CC2=C(CCCC2(C)C)CC1. The van der Waals surface area contributed by atoms with E-state index in [4.69, 9.17) is 0 Å². The third-order valence-electron chi connectivity index (χ3n) is 4.19. The van der Waals surface area contributed by atoms with Gasteiger partial charge in [0.2, 0.25) is 0 Å². The molecule has 0 amide bonds. The molecular weight excluding hydrogens is 196 g/mol. The Hall–Kier alpha value is -0.560. The van der Waals surface area contributed by atoms with Crippen molar-refractivity contribution in [1.82, 2.24) is 0 Å². The first-order valence-electron chi connectivity index (χ1n) is 6.47. The summed E-state index contributed by atoms with van der Waals surface area (Å²) in [4.78, 5) is 0. The molecule has 1 heteroatoms. The molecule has 0 radical (unpaired) electrons. The van der Waals surface area contributed by atoms with Crippen LogP contribution in [0, 0.1) is 5.41 Å². The molecule has 0 aliphatic heterocycles. The standard InChI is InChI=1S/C15H24O/c1-14(2)9-5-6-11-7-8-12(10-13(11)14)15(3,4)16/h10,16H,5-9H2,1-4H3. The lowest BCUT2D eigenvalue weighted by atomic mass is 9.68. The Morgan fingerprint density at radius 1 is 1.19 bits per heavy atom. The van der Waals surface area contributed by atoms with E-state index in [2.05, 4.69) is 19.9 Å². The van der Waals surface area contributed by atoms with Gasteiger partial charge < -0.3 is 5.11 Å². The van der Waals surface area contributed by atoms with Crippen LogP contribution in [0.1, 0.15) is 59.8 Å². The molecule has 2 aliphatic rings. The van der Waals surface area contributed by atoms with Crippen LogP contribution < -0.4 is 0 Å². The molecule has 0 heterocycles. The molecule has 2 aliphatic carbocycles. The maximum absolute atomic E-state index is 10.1. The molecule has 90 valence electrons. The number of rotatable bonds is 1. The van der Waals surface area contributed by atoms with E-state index in [0.29, 0.717) is 5.41 Å². The van der Waals surface area contributed by atoms with Gasteiger partial charge in [0.15, 0.2) is 0 Å². The van der Waals surface area contributed by atoms with Crippen LogP contribution in [0.2, 0.25) is 0 Å². The highest BCUT2D eigenvalue weighted by Gasteiger charge is 2.32. The summed E-state index contributed by atoms with van der Waals surface area (Å²) in [6, 6.07) is 0. The van der Waals surface area contributed by atoms with Gasteiger partial charge in [-0.3, -0.25) is 0 Å². The largest absolute Gasteiger partial charge is 0.386 e. The van der Waals surface area contributed by atoms with Gasteiger partial charge in [-0.05, 0) is 62.5 Å². The van der Waals surface area contributed by atoms with Crippen molar-refractivity contribution < 1.29 is 5.11 Å². The summed E-state index contributed by atoms with van der Waals surface area (Å²) in [5.74, 6) is 0. The average molecular weight is 220 g/mol. The zero-order chi connectivity index (χ0) is 12.0. The summed E-state index contributed by atoms with van der Waals surface area (Å²) in [6.45, 7) is 8.48. The number of hydrogen-bond donors (Lipinski definition) is 1. The summed E-state index contributed by atoms with van der Waals surface area (Å²) in [5.41, 5.74) is 4.03. The molecule has 0 saturated heterocycles. The van der Waals surface area contributed by atoms with Crippen LogP contribution in [0.4, 0.5) is 0 Å². The van der Waals surface area contributed by atoms with E-state index in [1.807, 2.05) is 13.8 Å². The molecule has 0 spiro atoms. The molecule has 0 aromatic rings. The van der Waals surface area contributed by atoms with Crippen LogP contribution in [0.3, 0.4) is 0 Å². The first-order chi connectivity index (χ1) is 7.31. The Kier molecular flexibility index (Phi) is 2.78. The molecule has 0 bridgehead atoms. The lowest BCUT2D eigenvalue weighted by molar-refractivity contribution is 0.115. The third-order valence-corrected chi connectivity index (χ3v) is 4.19. The van der Waals surface area contributed by atoms with E-state index in [-0.39, 0.29) is 0 Å². The summed E-state index contributed by atoms with van der Waals surface area (Å²) in [7, 11) is 0. The molecule has 2 rings (SSSR count). The Balaban J connectivity index is 2.39. The molecule has 0 unspecified atom stereocenters. The first-order valence-corrected chi connectivity index (χ1v) is 6.47. The van der Waals surface area contributed by atoms with Crippen LogP contribution in [0.15, 0.2) is 22.8 Å². The van der Waals surface area contributed by atoms with Gasteiger partial charge in [-0.15, -0.1) is 0 Å². The molecule has 0 atom stereocenters. The first kappa shape index (κ1) is 11.9. The molecule has 0 aromatic carbocycles. The van der Waals surface area contributed by atoms with Gasteiger partial charge in [0.05, 0.1) is 5.60 Å². The second-order valence-corrected chi connectivity index (χ2v) is 6.48. The third kappa shape index (κ3) is 2.10. The van der Waals surface area contributed by atoms with Crippen molar-refractivity contribution in [2.45, 2.75) is 65.4 Å². The monoisotopic (exact) mass is 220 g/mol. The Labute approximate surface area is 99.3 Å². The number of aliphatic hydroxyl groups is 1. The second kappa shape index (κ2) is 3.73. The summed E-state index contributed by atoms with van der Waals surface area (Å²) >= 11 is 0. The van der Waals surface area contributed by atoms with E-state index in [1.54, 1.807) is 5.57 Å². The fourth-order valence-electron chi connectivity index (χ4n) is 3.06. The van der Waals surface area contributed by atoms with Gasteiger partial charge in [-0.2, -0.15) is 0 Å². The topological polar surface area (TPSA) is 20.2 Å². The minimum atomic E-state index is -0.647. The predicted octanol–water partition coefficient (Wildman–Crippen LogP) is 3.98. The number of allylic oxidation sites excluding steroid dienone is 3. The maximum Gasteiger partial charge on any atom is 0.0803 e. The van der Waals surface area contributed by atoms with E-state index in [9.17, 15) is 5.11 Å². The highest BCUT2D eigenvalue weighted by Crippen LogP contribution is 2.46. The van der Waals surface area contributed by atoms with Gasteiger partial charge in [0.25, 0.3) is 0 Å². The van der Waals surface area contributed by atoms with Gasteiger partial charge >= 0.3 is 0 Å². The van der Waals surface area contributed by atoms with Gasteiger partial charge in [-0.1, -0.05) is 25.5 Å². The van der Waals surface area contributed by atoms with Gasteiger partial charge in [-0.25, -0.2) is 0 Å². The van der Waals surface area contributed by atoms with Crippen LogP contribution in [0.5, 0.6) is 0 Å². The highest BCUT2D eigenvalue weighted by molar-refractivity contribution is 5.41. The zero-order valence-electron chi connectivity index (χ0n) is 11.1. The maximum atomic E-state index is 10.1. The van der Waals surface area contributed by atoms with E-state index >= 15 is 0 Å². The lowest BCUT2D eigenvalue weighted by Crippen LogP contribution is -2.28. The molecule has 1 nitrogen and oxygen atoms in total. The number of hydrogen-bond acceptors (Lipinski definition) is 1. The summed E-state index contributed by atoms with van der Waals surface area (Å²) in [5, 5.41) is 10.1. The quantitative estimate of drug-likeness (QED) is 0.708. The van der Waals surface area contributed by atoms with Gasteiger partial charge in [0, 0.05) is 0 Å². The van der Waals surface area contributed by atoms with Crippen LogP contribution in [0.25, 0.3) is 0 Å². The normalized spacial score (nSPS) is 25.2. The van der Waals surface area contributed by atoms with Crippen LogP contribution >= 0.6 is 0 Å². The van der Waals surface area contributed by atoms with E-state index in [0.717, 1.165) is 12.8 Å². The molecule has 1 N–H and O–H groups in total. The minimum absolute atomic E-state index is 0.310. The predicted molar refractivity (Wildman–Crippen MR) is 68.3 cm³/mol. The molecule has 0 aromatic heterocycles. The van der Waals surface area contributed by atoms with E-state index < -0.39 is 5.60 Å². The van der Waals surface area contributed by atoms with Crippen molar-refractivity contribution in [2.75, 3.05) is 0 Å². The zero-order valence-corrected chi connectivity index (χ0v) is 11.1. The Morgan fingerprint density at radius 2 is 1.88 bits per heavy atom. The van der Waals surface area contributed by atoms with Crippen molar-refractivity contribution >= 4 is 0 Å². The second-order valence-electron chi connectivity index (χ2n) is 6.48. The Bertz CT molecular complexity index is 350. The van der Waals surface area contributed by atoms with Crippen molar-refractivity contribution in [1.29, 1.82) is 0 Å². The minimum Gasteiger partial charge on any atom is -0.386 e. The smallest absolute Gasteiger partial charge is 0.0803 e. The van der Waals surface area contributed by atoms with Crippen molar-refractivity contribution in [3.63, 3.8) is 0 Å². The summed E-state index contributed by atoms with van der Waals surface area (Å²) in [6.07, 6.45) is 8.37. The molecule has 0 fully saturated rings. The highest BCUT2D eigenvalue weighted by atomic mass is 16.3. The van der Waals surface area contributed by atoms with Gasteiger partial charge in [0.1, 0.15) is 0 Å². The fourth-order valence-corrected chi connectivity index (χ4v) is 3.06. The molecule has 16 heavy (non-hydrogen) atoms. The van der Waals surface area contributed by atoms with Crippen molar-refractivity contribution in [3.05, 3.63) is 22.8 Å². The van der Waals surface area contributed by atoms with Crippen molar-refractivity contribution in [3.8, 4) is 0 Å². The van der Waals surface area contributed by atoms with E-state index in [1.165, 1.54) is 30.4 Å². The average Bonchev–Trinajstić information content (AvgIpc) is 2.15. The molecule has 0 saturated carbocycles. The fraction of sp³-hybridized carbons (Fsp3) is 0.733.